The zero-order valence-corrected chi connectivity index (χ0v) is 20.1. The Morgan fingerprint density at radius 2 is 1.91 bits per heavy atom. The first-order valence-electron chi connectivity index (χ1n) is 11.9. The van der Waals surface area contributed by atoms with E-state index >= 15 is 0 Å². The maximum absolute atomic E-state index is 11.8. The molecule has 5 rings (SSSR count). The molecule has 2 aliphatic heterocycles. The Balaban J connectivity index is 1.13. The van der Waals surface area contributed by atoms with Gasteiger partial charge in [-0.1, -0.05) is 30.3 Å². The summed E-state index contributed by atoms with van der Waals surface area (Å²) >= 11 is 0.887. The average Bonchev–Trinajstić information content (AvgIpc) is 3.20. The highest BCUT2D eigenvalue weighted by Crippen LogP contribution is 2.26. The van der Waals surface area contributed by atoms with Gasteiger partial charge in [0.05, 0.1) is 10.6 Å². The fraction of sp³-hybridized carbons (Fsp3) is 0.308. The van der Waals surface area contributed by atoms with Gasteiger partial charge in [0.25, 0.3) is 11.1 Å². The second kappa shape index (κ2) is 10.9. The van der Waals surface area contributed by atoms with Crippen LogP contribution >= 0.6 is 11.8 Å². The molecule has 1 saturated heterocycles. The number of nitrogens with one attached hydrogen (secondary N) is 4. The molecule has 1 aliphatic carbocycles. The molecule has 2 fully saturated rings. The van der Waals surface area contributed by atoms with E-state index in [1.165, 1.54) is 16.7 Å². The average molecular weight is 489 g/mol. The molecule has 180 valence electrons. The molecule has 3 heterocycles. The molecule has 0 bridgehead atoms. The predicted octanol–water partition coefficient (Wildman–Crippen LogP) is 3.81. The van der Waals surface area contributed by atoms with Crippen LogP contribution in [-0.4, -0.2) is 39.7 Å². The van der Waals surface area contributed by atoms with Gasteiger partial charge in [0.2, 0.25) is 5.95 Å². The van der Waals surface area contributed by atoms with Gasteiger partial charge in [-0.15, -0.1) is 0 Å². The molecule has 0 atom stereocenters. The van der Waals surface area contributed by atoms with E-state index in [9.17, 15) is 9.59 Å². The topological polar surface area (TPSA) is 108 Å². The van der Waals surface area contributed by atoms with Gasteiger partial charge in [-0.25, -0.2) is 9.97 Å². The van der Waals surface area contributed by atoms with E-state index in [1.54, 1.807) is 18.3 Å². The molecule has 8 nitrogen and oxygen atoms in total. The lowest BCUT2D eigenvalue weighted by atomic mass is 9.90. The van der Waals surface area contributed by atoms with Crippen LogP contribution in [0, 0.1) is 0 Å². The van der Waals surface area contributed by atoms with Crippen LogP contribution in [0.4, 0.5) is 10.7 Å². The van der Waals surface area contributed by atoms with Gasteiger partial charge < -0.3 is 16.0 Å². The molecule has 3 aliphatic rings. The van der Waals surface area contributed by atoms with E-state index in [-0.39, 0.29) is 11.1 Å². The summed E-state index contributed by atoms with van der Waals surface area (Å²) in [7, 11) is 0. The Kier molecular flexibility index (Phi) is 7.25. The van der Waals surface area contributed by atoms with Crippen molar-refractivity contribution in [2.24, 2.45) is 0 Å². The molecule has 2 amide bonds. The van der Waals surface area contributed by atoms with Crippen molar-refractivity contribution in [1.29, 1.82) is 0 Å². The lowest BCUT2D eigenvalue weighted by Crippen LogP contribution is -2.37. The molecular weight excluding hydrogens is 460 g/mol. The smallest absolute Gasteiger partial charge is 0.290 e. The van der Waals surface area contributed by atoms with Crippen LogP contribution in [0.3, 0.4) is 0 Å². The van der Waals surface area contributed by atoms with Crippen LogP contribution in [0.25, 0.3) is 11.6 Å². The number of imide groups is 1. The van der Waals surface area contributed by atoms with E-state index < -0.39 is 0 Å². The minimum atomic E-state index is -0.384. The summed E-state index contributed by atoms with van der Waals surface area (Å²) in [6.07, 6.45) is 13.9. The van der Waals surface area contributed by atoms with Crippen molar-refractivity contribution in [3.05, 3.63) is 76.6 Å². The fourth-order valence-electron chi connectivity index (χ4n) is 4.57. The van der Waals surface area contributed by atoms with Crippen LogP contribution in [0.5, 0.6) is 0 Å². The van der Waals surface area contributed by atoms with Crippen molar-refractivity contribution in [2.75, 3.05) is 11.9 Å². The largest absolute Gasteiger partial charge is 0.387 e. The maximum atomic E-state index is 11.8. The third-order valence-electron chi connectivity index (χ3n) is 6.39. The number of anilines is 1. The second-order valence-corrected chi connectivity index (χ2v) is 9.80. The Morgan fingerprint density at radius 1 is 1.09 bits per heavy atom. The van der Waals surface area contributed by atoms with E-state index in [1.807, 2.05) is 6.20 Å². The van der Waals surface area contributed by atoms with Gasteiger partial charge in [-0.3, -0.25) is 14.9 Å². The van der Waals surface area contributed by atoms with Gasteiger partial charge in [0.1, 0.15) is 0 Å². The van der Waals surface area contributed by atoms with Gasteiger partial charge in [0, 0.05) is 31.4 Å². The van der Waals surface area contributed by atoms with Crippen LogP contribution in [0.2, 0.25) is 0 Å². The number of thioether (sulfide) groups is 1. The molecule has 0 unspecified atom stereocenters. The molecule has 35 heavy (non-hydrogen) atoms. The van der Waals surface area contributed by atoms with E-state index in [0.717, 1.165) is 50.5 Å². The zero-order valence-electron chi connectivity index (χ0n) is 19.3. The molecular formula is C26H28N6O2S. The first kappa shape index (κ1) is 23.3. The quantitative estimate of drug-likeness (QED) is 0.436. The number of rotatable bonds is 7. The van der Waals surface area contributed by atoms with Crippen LogP contribution in [0.1, 0.15) is 42.5 Å². The van der Waals surface area contributed by atoms with Gasteiger partial charge >= 0.3 is 0 Å². The normalized spacial score (nSPS) is 23.1. The number of dihydropyridines is 1. The van der Waals surface area contributed by atoms with E-state index in [0.29, 0.717) is 28.6 Å². The summed E-state index contributed by atoms with van der Waals surface area (Å²) in [5, 5.41) is 12.3. The number of benzene rings is 1. The minimum Gasteiger partial charge on any atom is -0.387 e. The standard InChI is InChI=1S/C26H28N6O2S/c33-24-23(35-26(34)32-24)15-21-11-14-28-25(31-21)30-20-7-5-19(6-8-20)29-16-18-3-1-2-4-22(18)17-9-12-27-13-10-17/h1-4,9-12,14-15,19-20,27,29H,5-8,13,16H2,(H,28,30,31)(H,32,33,34)/b23-15-/t19-,20-. The van der Waals surface area contributed by atoms with Crippen molar-refractivity contribution >= 4 is 40.5 Å². The number of carbonyl (C=O) groups excluding carboxylic acids is 2. The number of aromatic nitrogens is 2. The van der Waals surface area contributed by atoms with Crippen LogP contribution < -0.4 is 21.3 Å². The molecule has 2 aromatic rings. The van der Waals surface area contributed by atoms with Gasteiger partial charge in [-0.05, 0) is 78.6 Å². The minimum absolute atomic E-state index is 0.305. The summed E-state index contributed by atoms with van der Waals surface area (Å²) in [4.78, 5) is 32.3. The molecule has 0 radical (unpaired) electrons. The van der Waals surface area contributed by atoms with Gasteiger partial charge in [0.15, 0.2) is 0 Å². The number of amides is 2. The lowest BCUT2D eigenvalue weighted by Gasteiger charge is -2.30. The molecule has 4 N–H and O–H groups in total. The number of hydrogen-bond donors (Lipinski definition) is 4. The predicted molar refractivity (Wildman–Crippen MR) is 139 cm³/mol. The summed E-state index contributed by atoms with van der Waals surface area (Å²) in [6.45, 7) is 1.72. The fourth-order valence-corrected chi connectivity index (χ4v) is 5.23. The Hall–Kier alpha value is -3.43. The highest BCUT2D eigenvalue weighted by molar-refractivity contribution is 8.18. The van der Waals surface area contributed by atoms with Crippen molar-refractivity contribution in [3.63, 3.8) is 0 Å². The molecule has 9 heteroatoms. The third kappa shape index (κ3) is 5.98. The van der Waals surface area contributed by atoms with Crippen LogP contribution in [0.15, 0.2) is 59.8 Å². The molecule has 1 aromatic heterocycles. The number of hydrogen-bond acceptors (Lipinski definition) is 8. The van der Waals surface area contributed by atoms with Crippen molar-refractivity contribution in [3.8, 4) is 0 Å². The highest BCUT2D eigenvalue weighted by atomic mass is 32.2. The number of nitrogens with zero attached hydrogens (tertiary/aromatic N) is 2. The van der Waals surface area contributed by atoms with E-state index in [2.05, 4.69) is 67.7 Å². The Bertz CT molecular complexity index is 1200. The van der Waals surface area contributed by atoms with Gasteiger partial charge in [-0.2, -0.15) is 0 Å². The van der Waals surface area contributed by atoms with Crippen molar-refractivity contribution in [2.45, 2.75) is 44.3 Å². The van der Waals surface area contributed by atoms with E-state index in [4.69, 9.17) is 0 Å². The third-order valence-corrected chi connectivity index (χ3v) is 7.20. The monoisotopic (exact) mass is 488 g/mol. The molecule has 1 saturated carbocycles. The SMILES string of the molecule is O=C1NC(=O)/C(=C/c2ccnc(N[C@H]3CC[C@H](NCc4ccccc4C4=CCNC=C4)CC3)n2)S1. The summed E-state index contributed by atoms with van der Waals surface area (Å²) < 4.78 is 0. The lowest BCUT2D eigenvalue weighted by molar-refractivity contribution is -0.115. The summed E-state index contributed by atoms with van der Waals surface area (Å²) in [5.74, 6) is 0.160. The number of carbonyl (C=O) groups is 2. The molecule has 1 aromatic carbocycles. The van der Waals surface area contributed by atoms with Crippen LogP contribution in [-0.2, 0) is 11.3 Å². The first-order valence-corrected chi connectivity index (χ1v) is 12.7. The second-order valence-electron chi connectivity index (χ2n) is 8.79. The summed E-state index contributed by atoms with van der Waals surface area (Å²) in [5.41, 5.74) is 4.48. The Labute approximate surface area is 208 Å². The van der Waals surface area contributed by atoms with Crippen molar-refractivity contribution < 1.29 is 9.59 Å². The first-order chi connectivity index (χ1) is 17.1. The zero-order chi connectivity index (χ0) is 24.0. The van der Waals surface area contributed by atoms with Crippen molar-refractivity contribution in [1.82, 2.24) is 25.9 Å². The number of allylic oxidation sites excluding steroid dienone is 2. The maximum Gasteiger partial charge on any atom is 0.290 e. The Morgan fingerprint density at radius 3 is 2.69 bits per heavy atom. The molecule has 0 spiro atoms. The summed E-state index contributed by atoms with van der Waals surface area (Å²) in [6, 6.07) is 11.1. The highest BCUT2D eigenvalue weighted by Gasteiger charge is 2.25.